The SMILES string of the molecule is C=C[Si](C)(C)CCCN1CCCCC1. The summed E-state index contributed by atoms with van der Waals surface area (Å²) in [5.74, 6) is 0. The second-order valence-electron chi connectivity index (χ2n) is 5.20. The summed E-state index contributed by atoms with van der Waals surface area (Å²) in [6.07, 6.45) is 5.67. The van der Waals surface area contributed by atoms with Crippen LogP contribution < -0.4 is 0 Å². The first kappa shape index (κ1) is 12.0. The van der Waals surface area contributed by atoms with Gasteiger partial charge < -0.3 is 4.90 Å². The molecule has 0 unspecified atom stereocenters. The zero-order valence-electron chi connectivity index (χ0n) is 9.89. The van der Waals surface area contributed by atoms with Crippen LogP contribution >= 0.6 is 0 Å². The maximum atomic E-state index is 3.95. The Morgan fingerprint density at radius 2 is 1.86 bits per heavy atom. The standard InChI is InChI=1S/C12H25NSi/c1-4-14(2,3)12-8-11-13-9-6-5-7-10-13/h4H,1,5-12H2,2-3H3. The molecule has 1 rings (SSSR count). The van der Waals surface area contributed by atoms with Crippen molar-refractivity contribution in [2.75, 3.05) is 19.6 Å². The summed E-state index contributed by atoms with van der Waals surface area (Å²) in [7, 11) is -1.02. The third-order valence-corrected chi connectivity index (χ3v) is 6.04. The Balaban J connectivity index is 2.11. The lowest BCUT2D eigenvalue weighted by Crippen LogP contribution is -2.32. The van der Waals surface area contributed by atoms with Crippen LogP contribution in [0.3, 0.4) is 0 Å². The Morgan fingerprint density at radius 1 is 1.21 bits per heavy atom. The zero-order chi connectivity index (χ0) is 10.4. The maximum Gasteiger partial charge on any atom is 0.0710 e. The number of likely N-dealkylation sites (tertiary alicyclic amines) is 1. The van der Waals surface area contributed by atoms with Gasteiger partial charge in [-0.15, -0.1) is 12.3 Å². The molecule has 1 nitrogen and oxygen atoms in total. The molecule has 0 bridgehead atoms. The fourth-order valence-electron chi connectivity index (χ4n) is 2.04. The van der Waals surface area contributed by atoms with Gasteiger partial charge in [0, 0.05) is 0 Å². The summed E-state index contributed by atoms with van der Waals surface area (Å²) < 4.78 is 0. The third kappa shape index (κ3) is 4.42. The zero-order valence-corrected chi connectivity index (χ0v) is 10.9. The number of piperidine rings is 1. The molecule has 0 aromatic rings. The molecular formula is C12H25NSi. The highest BCUT2D eigenvalue weighted by atomic mass is 28.3. The van der Waals surface area contributed by atoms with Crippen LogP contribution in [0.15, 0.2) is 12.3 Å². The molecular weight excluding hydrogens is 186 g/mol. The molecule has 0 atom stereocenters. The molecule has 0 N–H and O–H groups in total. The summed E-state index contributed by atoms with van der Waals surface area (Å²) in [5.41, 5.74) is 2.23. The molecule has 2 heteroatoms. The molecule has 1 heterocycles. The van der Waals surface area contributed by atoms with E-state index in [1.807, 2.05) is 0 Å². The number of hydrogen-bond acceptors (Lipinski definition) is 1. The Morgan fingerprint density at radius 3 is 2.43 bits per heavy atom. The van der Waals surface area contributed by atoms with Gasteiger partial charge in [-0.3, -0.25) is 0 Å². The van der Waals surface area contributed by atoms with Crippen LogP contribution in [-0.2, 0) is 0 Å². The van der Waals surface area contributed by atoms with Crippen molar-refractivity contribution < 1.29 is 0 Å². The van der Waals surface area contributed by atoms with E-state index in [-0.39, 0.29) is 0 Å². The van der Waals surface area contributed by atoms with Crippen LogP contribution in [0.1, 0.15) is 25.7 Å². The van der Waals surface area contributed by atoms with E-state index in [0.29, 0.717) is 0 Å². The van der Waals surface area contributed by atoms with Gasteiger partial charge in [0.2, 0.25) is 0 Å². The van der Waals surface area contributed by atoms with Crippen LogP contribution in [0, 0.1) is 0 Å². The van der Waals surface area contributed by atoms with Crippen molar-refractivity contribution in [1.82, 2.24) is 4.90 Å². The highest BCUT2D eigenvalue weighted by Crippen LogP contribution is 2.15. The Bertz CT molecular complexity index is 171. The summed E-state index contributed by atoms with van der Waals surface area (Å²) in [4.78, 5) is 2.64. The molecule has 1 fully saturated rings. The van der Waals surface area contributed by atoms with E-state index >= 15 is 0 Å². The molecule has 1 aliphatic rings. The predicted molar refractivity (Wildman–Crippen MR) is 67.4 cm³/mol. The van der Waals surface area contributed by atoms with E-state index in [2.05, 4.69) is 30.3 Å². The summed E-state index contributed by atoms with van der Waals surface area (Å²) in [6, 6.07) is 1.41. The molecule has 0 aromatic heterocycles. The van der Waals surface area contributed by atoms with Crippen molar-refractivity contribution >= 4 is 8.07 Å². The van der Waals surface area contributed by atoms with Crippen molar-refractivity contribution in [3.8, 4) is 0 Å². The second-order valence-corrected chi connectivity index (χ2v) is 10.1. The fourth-order valence-corrected chi connectivity index (χ4v) is 3.32. The van der Waals surface area contributed by atoms with Crippen molar-refractivity contribution in [2.24, 2.45) is 0 Å². The van der Waals surface area contributed by atoms with E-state index in [1.165, 1.54) is 51.4 Å². The van der Waals surface area contributed by atoms with Gasteiger partial charge in [-0.05, 0) is 38.9 Å². The molecule has 1 saturated heterocycles. The summed E-state index contributed by atoms with van der Waals surface area (Å²) in [6.45, 7) is 12.8. The fraction of sp³-hybridized carbons (Fsp3) is 0.833. The molecule has 1 aliphatic heterocycles. The first-order valence-corrected chi connectivity index (χ1v) is 9.28. The highest BCUT2D eigenvalue weighted by molar-refractivity contribution is 6.82. The van der Waals surface area contributed by atoms with Crippen LogP contribution in [0.4, 0.5) is 0 Å². The normalized spacial score (nSPS) is 19.6. The average Bonchev–Trinajstić information content (AvgIpc) is 2.19. The number of hydrogen-bond donors (Lipinski definition) is 0. The average molecular weight is 211 g/mol. The first-order valence-electron chi connectivity index (χ1n) is 6.00. The smallest absolute Gasteiger partial charge is 0.0710 e. The molecule has 0 aliphatic carbocycles. The lowest BCUT2D eigenvalue weighted by molar-refractivity contribution is 0.229. The van der Waals surface area contributed by atoms with E-state index in [0.717, 1.165) is 0 Å². The molecule has 0 amide bonds. The summed E-state index contributed by atoms with van der Waals surface area (Å²) in [5, 5.41) is 0. The minimum atomic E-state index is -1.02. The Kier molecular flexibility index (Phi) is 4.89. The van der Waals surface area contributed by atoms with Gasteiger partial charge in [-0.2, -0.15) is 0 Å². The van der Waals surface area contributed by atoms with Gasteiger partial charge in [-0.25, -0.2) is 0 Å². The highest BCUT2D eigenvalue weighted by Gasteiger charge is 2.16. The largest absolute Gasteiger partial charge is 0.303 e. The Labute approximate surface area is 90.2 Å². The van der Waals surface area contributed by atoms with Gasteiger partial charge in [0.1, 0.15) is 0 Å². The molecule has 0 spiro atoms. The third-order valence-electron chi connectivity index (χ3n) is 3.30. The van der Waals surface area contributed by atoms with Crippen LogP contribution in [0.25, 0.3) is 0 Å². The molecule has 82 valence electrons. The van der Waals surface area contributed by atoms with Gasteiger partial charge >= 0.3 is 0 Å². The monoisotopic (exact) mass is 211 g/mol. The Hall–Kier alpha value is -0.0831. The van der Waals surface area contributed by atoms with Crippen molar-refractivity contribution in [2.45, 2.75) is 44.8 Å². The quantitative estimate of drug-likeness (QED) is 0.631. The van der Waals surface area contributed by atoms with Gasteiger partial charge in [0.05, 0.1) is 8.07 Å². The number of rotatable bonds is 5. The van der Waals surface area contributed by atoms with E-state index in [9.17, 15) is 0 Å². The second kappa shape index (κ2) is 5.71. The van der Waals surface area contributed by atoms with E-state index in [4.69, 9.17) is 0 Å². The molecule has 14 heavy (non-hydrogen) atoms. The van der Waals surface area contributed by atoms with Crippen molar-refractivity contribution in [3.05, 3.63) is 12.3 Å². The maximum absolute atomic E-state index is 3.95. The minimum absolute atomic E-state index is 1.02. The lowest BCUT2D eigenvalue weighted by Gasteiger charge is -2.27. The minimum Gasteiger partial charge on any atom is -0.303 e. The van der Waals surface area contributed by atoms with Crippen LogP contribution in [0.5, 0.6) is 0 Å². The van der Waals surface area contributed by atoms with E-state index < -0.39 is 8.07 Å². The lowest BCUT2D eigenvalue weighted by atomic mass is 10.1. The van der Waals surface area contributed by atoms with Gasteiger partial charge in [0.15, 0.2) is 0 Å². The van der Waals surface area contributed by atoms with E-state index in [1.54, 1.807) is 0 Å². The van der Waals surface area contributed by atoms with Crippen molar-refractivity contribution in [1.29, 1.82) is 0 Å². The molecule has 0 saturated carbocycles. The molecule has 0 aromatic carbocycles. The van der Waals surface area contributed by atoms with Gasteiger partial charge in [-0.1, -0.05) is 25.6 Å². The number of nitrogens with zero attached hydrogens (tertiary/aromatic N) is 1. The topological polar surface area (TPSA) is 3.24 Å². The summed E-state index contributed by atoms with van der Waals surface area (Å²) >= 11 is 0. The van der Waals surface area contributed by atoms with Crippen LogP contribution in [-0.4, -0.2) is 32.6 Å². The van der Waals surface area contributed by atoms with Crippen LogP contribution in [0.2, 0.25) is 19.1 Å². The van der Waals surface area contributed by atoms with Crippen molar-refractivity contribution in [3.63, 3.8) is 0 Å². The first-order chi connectivity index (χ1) is 6.64. The van der Waals surface area contributed by atoms with Gasteiger partial charge in [0.25, 0.3) is 0 Å². The predicted octanol–water partition coefficient (Wildman–Crippen LogP) is 3.30. The molecule has 0 radical (unpaired) electrons.